The number of hydrogen-bond donors (Lipinski definition) is 2. The molecule has 1 aromatic carbocycles. The first-order valence-electron chi connectivity index (χ1n) is 7.23. The third kappa shape index (κ3) is 2.97. The Morgan fingerprint density at radius 1 is 1.29 bits per heavy atom. The number of nitrogens with two attached hydrogens (primary N) is 1. The van der Waals surface area contributed by atoms with E-state index in [2.05, 4.69) is 27.4 Å². The maximum Gasteiger partial charge on any atom is 0.226 e. The Bertz CT molecular complexity index is 629. The number of fused-ring (bicyclic) bond motifs is 1. The van der Waals surface area contributed by atoms with Crippen molar-refractivity contribution in [1.82, 2.24) is 9.97 Å². The molecule has 3 N–H and O–H groups in total. The predicted octanol–water partition coefficient (Wildman–Crippen LogP) is 2.30. The summed E-state index contributed by atoms with van der Waals surface area (Å²) < 4.78 is 5.59. The lowest BCUT2D eigenvalue weighted by molar-refractivity contribution is 0.232. The summed E-state index contributed by atoms with van der Waals surface area (Å²) in [4.78, 5) is 8.64. The molecule has 3 rings (SSSR count). The molecule has 0 bridgehead atoms. The van der Waals surface area contributed by atoms with Gasteiger partial charge in [-0.15, -0.1) is 0 Å². The average Bonchev–Trinajstić information content (AvgIpc) is 2.75. The highest BCUT2D eigenvalue weighted by molar-refractivity contribution is 5.43. The van der Waals surface area contributed by atoms with Crippen molar-refractivity contribution in [3.63, 3.8) is 0 Å². The van der Waals surface area contributed by atoms with Crippen molar-refractivity contribution in [1.29, 1.82) is 0 Å². The second-order valence-corrected chi connectivity index (χ2v) is 5.57. The van der Waals surface area contributed by atoms with Gasteiger partial charge in [0.1, 0.15) is 0 Å². The highest BCUT2D eigenvalue weighted by Crippen LogP contribution is 2.32. The molecule has 2 atom stereocenters. The Kier molecular flexibility index (Phi) is 3.75. The van der Waals surface area contributed by atoms with Crippen LogP contribution in [0.2, 0.25) is 0 Å². The molecule has 0 saturated heterocycles. The van der Waals surface area contributed by atoms with Crippen molar-refractivity contribution < 1.29 is 4.74 Å². The maximum absolute atomic E-state index is 6.25. The summed E-state index contributed by atoms with van der Waals surface area (Å²) in [6.45, 7) is 3.94. The van der Waals surface area contributed by atoms with Crippen molar-refractivity contribution in [2.75, 3.05) is 5.32 Å². The number of nitrogens with one attached hydrogen (secondary N) is 1. The summed E-state index contributed by atoms with van der Waals surface area (Å²) in [5.74, 6) is 1.12. The molecule has 1 aromatic heterocycles. The summed E-state index contributed by atoms with van der Waals surface area (Å²) in [6.07, 6.45) is 2.65. The number of benzene rings is 1. The van der Waals surface area contributed by atoms with Crippen LogP contribution < -0.4 is 15.8 Å². The van der Waals surface area contributed by atoms with Gasteiger partial charge in [-0.3, -0.25) is 0 Å². The van der Waals surface area contributed by atoms with Crippen LogP contribution in [-0.2, 0) is 6.42 Å². The summed E-state index contributed by atoms with van der Waals surface area (Å²) in [5, 5.41) is 3.33. The lowest BCUT2D eigenvalue weighted by atomic mass is 10.1. The average molecular weight is 284 g/mol. The van der Waals surface area contributed by atoms with Crippen molar-refractivity contribution in [2.24, 2.45) is 5.73 Å². The van der Waals surface area contributed by atoms with Gasteiger partial charge < -0.3 is 15.8 Å². The third-order valence-corrected chi connectivity index (χ3v) is 3.55. The first-order chi connectivity index (χ1) is 10.1. The first-order valence-corrected chi connectivity index (χ1v) is 7.23. The van der Waals surface area contributed by atoms with Crippen LogP contribution in [0.1, 0.15) is 31.0 Å². The van der Waals surface area contributed by atoms with Crippen molar-refractivity contribution >= 4 is 5.95 Å². The summed E-state index contributed by atoms with van der Waals surface area (Å²) in [6, 6.07) is 10.1. The summed E-state index contributed by atoms with van der Waals surface area (Å²) in [5.41, 5.74) is 8.76. The molecule has 1 heterocycles. The molecule has 0 amide bonds. The number of hydrogen-bond acceptors (Lipinski definition) is 5. The van der Waals surface area contributed by atoms with Gasteiger partial charge in [0.15, 0.2) is 0 Å². The number of aromatic nitrogens is 2. The zero-order valence-corrected chi connectivity index (χ0v) is 12.3. The monoisotopic (exact) mass is 284 g/mol. The first kappa shape index (κ1) is 13.8. The van der Waals surface area contributed by atoms with Gasteiger partial charge in [0, 0.05) is 18.3 Å². The molecule has 5 heteroatoms. The van der Waals surface area contributed by atoms with E-state index in [0.29, 0.717) is 11.8 Å². The van der Waals surface area contributed by atoms with Gasteiger partial charge in [0.05, 0.1) is 12.1 Å². The molecule has 5 nitrogen and oxygen atoms in total. The fourth-order valence-corrected chi connectivity index (χ4v) is 2.67. The van der Waals surface area contributed by atoms with E-state index in [1.165, 1.54) is 11.1 Å². The molecular weight excluding hydrogens is 264 g/mol. The fraction of sp³-hybridized carbons (Fsp3) is 0.375. The van der Waals surface area contributed by atoms with E-state index in [9.17, 15) is 0 Å². The van der Waals surface area contributed by atoms with Gasteiger partial charge in [-0.2, -0.15) is 4.98 Å². The normalized spacial score (nSPS) is 20.4. The Morgan fingerprint density at radius 2 is 2.10 bits per heavy atom. The van der Waals surface area contributed by atoms with Gasteiger partial charge in [0.2, 0.25) is 11.8 Å². The largest absolute Gasteiger partial charge is 0.475 e. The highest BCUT2D eigenvalue weighted by Gasteiger charge is 2.29. The Morgan fingerprint density at radius 3 is 2.90 bits per heavy atom. The molecule has 0 fully saturated rings. The Hall–Kier alpha value is -2.14. The minimum absolute atomic E-state index is 0.0284. The van der Waals surface area contributed by atoms with E-state index in [4.69, 9.17) is 10.5 Å². The van der Waals surface area contributed by atoms with E-state index in [1.54, 1.807) is 12.3 Å². The minimum atomic E-state index is 0.0284. The van der Waals surface area contributed by atoms with Crippen LogP contribution in [0.15, 0.2) is 36.5 Å². The highest BCUT2D eigenvalue weighted by atomic mass is 16.5. The second kappa shape index (κ2) is 5.69. The molecule has 0 spiro atoms. The molecule has 21 heavy (non-hydrogen) atoms. The van der Waals surface area contributed by atoms with Gasteiger partial charge in [-0.05, 0) is 31.4 Å². The Balaban J connectivity index is 1.81. The molecule has 1 aliphatic carbocycles. The molecule has 0 aliphatic heterocycles. The zero-order chi connectivity index (χ0) is 14.8. The molecule has 2 unspecified atom stereocenters. The van der Waals surface area contributed by atoms with E-state index >= 15 is 0 Å². The lowest BCUT2D eigenvalue weighted by Crippen LogP contribution is -2.30. The molecule has 1 aliphatic rings. The fourth-order valence-electron chi connectivity index (χ4n) is 2.67. The number of anilines is 1. The van der Waals surface area contributed by atoms with E-state index in [0.717, 1.165) is 6.42 Å². The van der Waals surface area contributed by atoms with Gasteiger partial charge in [-0.25, -0.2) is 4.98 Å². The maximum atomic E-state index is 6.25. The van der Waals surface area contributed by atoms with Crippen molar-refractivity contribution in [2.45, 2.75) is 38.5 Å². The topological polar surface area (TPSA) is 73.1 Å². The zero-order valence-electron chi connectivity index (χ0n) is 12.3. The van der Waals surface area contributed by atoms with E-state index in [1.807, 2.05) is 26.0 Å². The summed E-state index contributed by atoms with van der Waals surface area (Å²) in [7, 11) is 0. The smallest absolute Gasteiger partial charge is 0.226 e. The van der Waals surface area contributed by atoms with E-state index < -0.39 is 0 Å². The molecule has 0 saturated carbocycles. The van der Waals surface area contributed by atoms with Crippen molar-refractivity contribution in [3.05, 3.63) is 47.7 Å². The third-order valence-electron chi connectivity index (χ3n) is 3.55. The van der Waals surface area contributed by atoms with Crippen LogP contribution >= 0.6 is 0 Å². The Labute approximate surface area is 124 Å². The number of ether oxygens (including phenoxy) is 1. The molecule has 110 valence electrons. The number of rotatable bonds is 4. The van der Waals surface area contributed by atoms with Gasteiger partial charge in [-0.1, -0.05) is 24.3 Å². The minimum Gasteiger partial charge on any atom is -0.475 e. The van der Waals surface area contributed by atoms with Crippen molar-refractivity contribution in [3.8, 4) is 5.88 Å². The molecule has 0 radical (unpaired) electrons. The standard InChI is InChI=1S/C16H20N4O/c1-10(2)21-14-7-8-18-16(19-14)20-15-12-6-4-3-5-11(12)9-13(15)17/h3-8,10,13,15H,9,17H2,1-2H3,(H,18,19,20). The van der Waals surface area contributed by atoms with Crippen LogP contribution in [0.5, 0.6) is 5.88 Å². The van der Waals surface area contributed by atoms with E-state index in [-0.39, 0.29) is 18.2 Å². The molecular formula is C16H20N4O. The summed E-state index contributed by atoms with van der Waals surface area (Å²) >= 11 is 0. The quantitative estimate of drug-likeness (QED) is 0.901. The molecule has 2 aromatic rings. The van der Waals surface area contributed by atoms with Gasteiger partial charge >= 0.3 is 0 Å². The van der Waals surface area contributed by atoms with Crippen LogP contribution in [0.3, 0.4) is 0 Å². The van der Waals surface area contributed by atoms with Crippen LogP contribution in [0.25, 0.3) is 0 Å². The SMILES string of the molecule is CC(C)Oc1ccnc(NC2c3ccccc3CC2N)n1. The lowest BCUT2D eigenvalue weighted by Gasteiger charge is -2.19. The van der Waals surface area contributed by atoms with Crippen LogP contribution in [-0.4, -0.2) is 22.1 Å². The predicted molar refractivity (Wildman–Crippen MR) is 82.3 cm³/mol. The van der Waals surface area contributed by atoms with Crippen LogP contribution in [0.4, 0.5) is 5.95 Å². The second-order valence-electron chi connectivity index (χ2n) is 5.57. The number of nitrogens with zero attached hydrogens (tertiary/aromatic N) is 2. The van der Waals surface area contributed by atoms with Crippen LogP contribution in [0, 0.1) is 0 Å². The van der Waals surface area contributed by atoms with Gasteiger partial charge in [0.25, 0.3) is 0 Å².